The van der Waals surface area contributed by atoms with Crippen LogP contribution in [0.25, 0.3) is 0 Å². The SMILES string of the molecule is FC(F)Oc1ccccc1CCBr. The van der Waals surface area contributed by atoms with E-state index < -0.39 is 6.61 Å². The lowest BCUT2D eigenvalue weighted by molar-refractivity contribution is -0.0504. The molecule has 0 atom stereocenters. The van der Waals surface area contributed by atoms with Crippen molar-refractivity contribution < 1.29 is 13.5 Å². The third kappa shape index (κ3) is 3.30. The molecule has 0 saturated heterocycles. The number of aryl methyl sites for hydroxylation is 1. The molecule has 0 unspecified atom stereocenters. The van der Waals surface area contributed by atoms with Crippen molar-refractivity contribution >= 4 is 15.9 Å². The van der Waals surface area contributed by atoms with Crippen LogP contribution in [0.15, 0.2) is 24.3 Å². The summed E-state index contributed by atoms with van der Waals surface area (Å²) in [6.45, 7) is -2.75. The number of para-hydroxylation sites is 1. The van der Waals surface area contributed by atoms with E-state index in [2.05, 4.69) is 20.7 Å². The number of alkyl halides is 3. The monoisotopic (exact) mass is 250 g/mol. The number of hydrogen-bond acceptors (Lipinski definition) is 1. The Hall–Kier alpha value is -0.640. The highest BCUT2D eigenvalue weighted by Crippen LogP contribution is 2.20. The van der Waals surface area contributed by atoms with Gasteiger partial charge in [-0.3, -0.25) is 0 Å². The first-order chi connectivity index (χ1) is 6.24. The molecule has 0 N–H and O–H groups in total. The van der Waals surface area contributed by atoms with Gasteiger partial charge in [-0.25, -0.2) is 0 Å². The zero-order valence-corrected chi connectivity index (χ0v) is 8.43. The van der Waals surface area contributed by atoms with Crippen LogP contribution in [0.4, 0.5) is 8.78 Å². The Labute approximate surface area is 83.8 Å². The van der Waals surface area contributed by atoms with Gasteiger partial charge in [-0.1, -0.05) is 34.1 Å². The van der Waals surface area contributed by atoms with Crippen LogP contribution in [0, 0.1) is 0 Å². The summed E-state index contributed by atoms with van der Waals surface area (Å²) in [5.41, 5.74) is 0.791. The summed E-state index contributed by atoms with van der Waals surface area (Å²) in [5, 5.41) is 0.733. The topological polar surface area (TPSA) is 9.23 Å². The molecule has 1 nitrogen and oxygen atoms in total. The van der Waals surface area contributed by atoms with Crippen LogP contribution >= 0.6 is 15.9 Å². The van der Waals surface area contributed by atoms with E-state index in [0.29, 0.717) is 6.42 Å². The Bertz CT molecular complexity index is 266. The maximum Gasteiger partial charge on any atom is 0.387 e. The Morgan fingerprint density at radius 1 is 1.31 bits per heavy atom. The second-order valence-electron chi connectivity index (χ2n) is 2.43. The molecule has 1 aromatic carbocycles. The summed E-state index contributed by atoms with van der Waals surface area (Å²) in [7, 11) is 0. The average molecular weight is 251 g/mol. The van der Waals surface area contributed by atoms with Gasteiger partial charge in [0.05, 0.1) is 0 Å². The smallest absolute Gasteiger partial charge is 0.387 e. The Balaban J connectivity index is 2.78. The highest BCUT2D eigenvalue weighted by atomic mass is 79.9. The Morgan fingerprint density at radius 3 is 2.62 bits per heavy atom. The molecule has 0 aromatic heterocycles. The first-order valence-corrected chi connectivity index (χ1v) is 4.95. The zero-order valence-electron chi connectivity index (χ0n) is 6.84. The van der Waals surface area contributed by atoms with Crippen molar-refractivity contribution in [1.29, 1.82) is 0 Å². The third-order valence-corrected chi connectivity index (χ3v) is 1.95. The maximum absolute atomic E-state index is 11.9. The molecule has 0 heterocycles. The van der Waals surface area contributed by atoms with Gasteiger partial charge in [-0.05, 0) is 18.1 Å². The highest BCUT2D eigenvalue weighted by molar-refractivity contribution is 9.09. The normalized spacial score (nSPS) is 10.5. The van der Waals surface area contributed by atoms with Crippen molar-refractivity contribution in [3.05, 3.63) is 29.8 Å². The minimum absolute atomic E-state index is 0.261. The lowest BCUT2D eigenvalue weighted by atomic mass is 10.1. The first-order valence-electron chi connectivity index (χ1n) is 3.82. The molecule has 13 heavy (non-hydrogen) atoms. The van der Waals surface area contributed by atoms with Crippen molar-refractivity contribution in [1.82, 2.24) is 0 Å². The lowest BCUT2D eigenvalue weighted by Gasteiger charge is -2.08. The molecular weight excluding hydrogens is 242 g/mol. The number of benzene rings is 1. The molecule has 0 amide bonds. The number of ether oxygens (including phenoxy) is 1. The average Bonchev–Trinajstić information content (AvgIpc) is 2.08. The highest BCUT2D eigenvalue weighted by Gasteiger charge is 2.07. The number of halogens is 3. The van der Waals surface area contributed by atoms with Gasteiger partial charge in [0, 0.05) is 5.33 Å². The standard InChI is InChI=1S/C9H9BrF2O/c10-6-5-7-3-1-2-4-8(7)13-9(11)12/h1-4,9H,5-6H2. The molecule has 0 aliphatic rings. The largest absolute Gasteiger partial charge is 0.435 e. The summed E-state index contributed by atoms with van der Waals surface area (Å²) in [5.74, 6) is 0.261. The van der Waals surface area contributed by atoms with Crippen LogP contribution in [0.3, 0.4) is 0 Å². The second kappa shape index (κ2) is 5.17. The molecule has 1 rings (SSSR count). The molecule has 0 aliphatic heterocycles. The lowest BCUT2D eigenvalue weighted by Crippen LogP contribution is -2.04. The molecular formula is C9H9BrF2O. The van der Waals surface area contributed by atoms with Crippen LogP contribution in [0.1, 0.15) is 5.56 Å². The molecule has 72 valence electrons. The van der Waals surface area contributed by atoms with Gasteiger partial charge < -0.3 is 4.74 Å². The molecule has 0 bridgehead atoms. The van der Waals surface area contributed by atoms with E-state index in [9.17, 15) is 8.78 Å². The van der Waals surface area contributed by atoms with E-state index in [-0.39, 0.29) is 5.75 Å². The fourth-order valence-electron chi connectivity index (χ4n) is 1.02. The van der Waals surface area contributed by atoms with E-state index in [1.807, 2.05) is 0 Å². The van der Waals surface area contributed by atoms with Crippen LogP contribution in [0.2, 0.25) is 0 Å². The van der Waals surface area contributed by atoms with Gasteiger partial charge in [-0.15, -0.1) is 0 Å². The van der Waals surface area contributed by atoms with Gasteiger partial charge in [0.15, 0.2) is 0 Å². The van der Waals surface area contributed by atoms with Gasteiger partial charge in [0.2, 0.25) is 0 Å². The van der Waals surface area contributed by atoms with Crippen LogP contribution < -0.4 is 4.74 Å². The maximum atomic E-state index is 11.9. The van der Waals surface area contributed by atoms with Crippen LogP contribution in [-0.2, 0) is 6.42 Å². The van der Waals surface area contributed by atoms with E-state index in [1.54, 1.807) is 24.3 Å². The van der Waals surface area contributed by atoms with Crippen molar-refractivity contribution in [2.45, 2.75) is 13.0 Å². The quantitative estimate of drug-likeness (QED) is 0.746. The summed E-state index contributed by atoms with van der Waals surface area (Å²) in [6, 6.07) is 6.80. The zero-order chi connectivity index (χ0) is 9.68. The summed E-state index contributed by atoms with van der Waals surface area (Å²) >= 11 is 3.24. The molecule has 0 aliphatic carbocycles. The Kier molecular flexibility index (Phi) is 4.15. The van der Waals surface area contributed by atoms with Crippen molar-refractivity contribution in [3.63, 3.8) is 0 Å². The van der Waals surface area contributed by atoms with Crippen LogP contribution in [0.5, 0.6) is 5.75 Å². The van der Waals surface area contributed by atoms with Crippen molar-refractivity contribution in [2.24, 2.45) is 0 Å². The number of rotatable bonds is 4. The third-order valence-electron chi connectivity index (χ3n) is 1.55. The van der Waals surface area contributed by atoms with Gasteiger partial charge >= 0.3 is 6.61 Å². The molecule has 1 aromatic rings. The fourth-order valence-corrected chi connectivity index (χ4v) is 1.45. The Morgan fingerprint density at radius 2 is 2.00 bits per heavy atom. The van der Waals surface area contributed by atoms with E-state index >= 15 is 0 Å². The van der Waals surface area contributed by atoms with E-state index in [1.165, 1.54) is 0 Å². The summed E-state index contributed by atoms with van der Waals surface area (Å²) in [4.78, 5) is 0. The molecule has 0 fully saturated rings. The predicted octanol–water partition coefficient (Wildman–Crippen LogP) is 3.23. The fraction of sp³-hybridized carbons (Fsp3) is 0.333. The molecule has 0 radical (unpaired) electrons. The summed E-state index contributed by atoms with van der Waals surface area (Å²) in [6.07, 6.45) is 0.683. The minimum Gasteiger partial charge on any atom is -0.435 e. The second-order valence-corrected chi connectivity index (χ2v) is 3.22. The molecule has 0 saturated carbocycles. The van der Waals surface area contributed by atoms with Crippen molar-refractivity contribution in [2.75, 3.05) is 5.33 Å². The summed E-state index contributed by atoms with van der Waals surface area (Å²) < 4.78 is 28.2. The van der Waals surface area contributed by atoms with E-state index in [4.69, 9.17) is 0 Å². The predicted molar refractivity (Wildman–Crippen MR) is 50.6 cm³/mol. The molecule has 4 heteroatoms. The van der Waals surface area contributed by atoms with Crippen LogP contribution in [-0.4, -0.2) is 11.9 Å². The van der Waals surface area contributed by atoms with Gasteiger partial charge in [-0.2, -0.15) is 8.78 Å². The first kappa shape index (κ1) is 10.4. The van der Waals surface area contributed by atoms with Crippen molar-refractivity contribution in [3.8, 4) is 5.75 Å². The molecule has 0 spiro atoms. The number of hydrogen-bond donors (Lipinski definition) is 0. The van der Waals surface area contributed by atoms with E-state index in [0.717, 1.165) is 10.9 Å². The minimum atomic E-state index is -2.75. The van der Waals surface area contributed by atoms with Gasteiger partial charge in [0.25, 0.3) is 0 Å². The van der Waals surface area contributed by atoms with Gasteiger partial charge in [0.1, 0.15) is 5.75 Å².